The second kappa shape index (κ2) is 11.1. The van der Waals surface area contributed by atoms with Gasteiger partial charge in [0, 0.05) is 62.6 Å². The minimum Gasteiger partial charge on any atom is -0.615 e. The zero-order chi connectivity index (χ0) is 27.0. The summed E-state index contributed by atoms with van der Waals surface area (Å²) in [6, 6.07) is 14.2. The van der Waals surface area contributed by atoms with Crippen LogP contribution in [0.25, 0.3) is 0 Å². The number of likely N-dealkylation sites (tertiary alicyclic amines) is 1. The molecule has 0 aliphatic carbocycles. The Morgan fingerprint density at radius 2 is 1.81 bits per heavy atom. The molecule has 2 aromatic carbocycles. The molecule has 2 aliphatic rings. The molecule has 1 unspecified atom stereocenters. The van der Waals surface area contributed by atoms with Crippen molar-refractivity contribution >= 4 is 40.3 Å². The van der Waals surface area contributed by atoms with Crippen LogP contribution in [0.4, 0.5) is 0 Å². The first-order valence-electron chi connectivity index (χ1n) is 13.0. The third-order valence-corrected chi connectivity index (χ3v) is 11.0. The molecule has 1 saturated heterocycles. The highest BCUT2D eigenvalue weighted by Gasteiger charge is 2.52. The van der Waals surface area contributed by atoms with Gasteiger partial charge in [-0.3, -0.25) is 4.79 Å². The maximum Gasteiger partial charge on any atom is 0.227 e. The standard InChI is InChI=1S/C29H39Cl2N3O2S/c1-27(2,3)26(35)33(5)20-28(32-4,22-10-11-24(30)25(31)18-22)12-15-34-16-13-29(14-17-34)23-9-7-6-8-21(23)19-37(29)36/h6-11,18,32H,12-17,19-20H2,1-5H3/t28-,37?/m1/s1. The number of carbonyl (C=O) groups is 1. The summed E-state index contributed by atoms with van der Waals surface area (Å²) in [7, 11) is 3.82. The van der Waals surface area contributed by atoms with Gasteiger partial charge in [-0.15, -0.1) is 0 Å². The van der Waals surface area contributed by atoms with Gasteiger partial charge in [-0.25, -0.2) is 0 Å². The quantitative estimate of drug-likeness (QED) is 0.448. The molecular weight excluding hydrogens is 525 g/mol. The SMILES string of the molecule is CN[C@](CCN1CCC2(CC1)c1ccccc1C[S+]2[O-])(CN(C)C(=O)C(C)(C)C)c1ccc(Cl)c(Cl)c1. The number of amides is 1. The molecule has 1 fully saturated rings. The number of halogens is 2. The molecule has 2 atom stereocenters. The van der Waals surface area contributed by atoms with E-state index in [1.54, 1.807) is 0 Å². The van der Waals surface area contributed by atoms with E-state index in [0.29, 0.717) is 22.3 Å². The van der Waals surface area contributed by atoms with Crippen molar-refractivity contribution in [2.75, 3.05) is 40.3 Å². The molecule has 37 heavy (non-hydrogen) atoms. The lowest BCUT2D eigenvalue weighted by molar-refractivity contribution is -0.139. The van der Waals surface area contributed by atoms with Crippen LogP contribution in [0.1, 0.15) is 56.7 Å². The van der Waals surface area contributed by atoms with E-state index in [0.717, 1.165) is 44.5 Å². The second-order valence-electron chi connectivity index (χ2n) is 11.6. The van der Waals surface area contributed by atoms with Crippen LogP contribution in [0.2, 0.25) is 10.0 Å². The number of hydrogen-bond donors (Lipinski definition) is 1. The minimum atomic E-state index is -0.869. The monoisotopic (exact) mass is 563 g/mol. The summed E-state index contributed by atoms with van der Waals surface area (Å²) in [5.74, 6) is 0.763. The lowest BCUT2D eigenvalue weighted by Gasteiger charge is -2.43. The predicted molar refractivity (Wildman–Crippen MR) is 155 cm³/mol. The molecule has 4 rings (SSSR count). The van der Waals surface area contributed by atoms with Gasteiger partial charge in [-0.1, -0.05) is 74.3 Å². The van der Waals surface area contributed by atoms with Gasteiger partial charge in [0.05, 0.1) is 15.6 Å². The molecule has 1 N–H and O–H groups in total. The number of carbonyl (C=O) groups excluding carboxylic acids is 1. The highest BCUT2D eigenvalue weighted by Crippen LogP contribution is 2.48. The number of benzene rings is 2. The van der Waals surface area contributed by atoms with Crippen molar-refractivity contribution in [2.24, 2.45) is 5.41 Å². The van der Waals surface area contributed by atoms with Crippen molar-refractivity contribution in [2.45, 2.75) is 56.1 Å². The molecular formula is C29H39Cl2N3O2S. The molecule has 2 heterocycles. The van der Waals surface area contributed by atoms with E-state index < -0.39 is 22.1 Å². The van der Waals surface area contributed by atoms with Crippen LogP contribution in [-0.4, -0.2) is 60.5 Å². The number of rotatable bonds is 7. The van der Waals surface area contributed by atoms with E-state index in [2.05, 4.69) is 28.4 Å². The van der Waals surface area contributed by atoms with Crippen molar-refractivity contribution in [1.29, 1.82) is 0 Å². The summed E-state index contributed by atoms with van der Waals surface area (Å²) in [5.41, 5.74) is 2.57. The Hall–Kier alpha value is -1.28. The Bertz CT molecular complexity index is 1130. The van der Waals surface area contributed by atoms with Gasteiger partial charge >= 0.3 is 0 Å². The van der Waals surface area contributed by atoms with Crippen molar-refractivity contribution in [3.05, 3.63) is 69.2 Å². The van der Waals surface area contributed by atoms with Crippen LogP contribution in [0.5, 0.6) is 0 Å². The average molecular weight is 565 g/mol. The Morgan fingerprint density at radius 3 is 2.43 bits per heavy atom. The number of nitrogens with one attached hydrogen (secondary N) is 1. The molecule has 0 aromatic heterocycles. The summed E-state index contributed by atoms with van der Waals surface area (Å²) in [5, 5.41) is 4.57. The Morgan fingerprint density at radius 1 is 1.14 bits per heavy atom. The van der Waals surface area contributed by atoms with Crippen LogP contribution < -0.4 is 5.32 Å². The van der Waals surface area contributed by atoms with Crippen LogP contribution >= 0.6 is 23.2 Å². The van der Waals surface area contributed by atoms with E-state index >= 15 is 0 Å². The first-order valence-corrected chi connectivity index (χ1v) is 15.1. The van der Waals surface area contributed by atoms with E-state index in [4.69, 9.17) is 23.2 Å². The van der Waals surface area contributed by atoms with Crippen molar-refractivity contribution in [3.8, 4) is 0 Å². The third-order valence-electron chi connectivity index (χ3n) is 8.20. The molecule has 2 aromatic rings. The van der Waals surface area contributed by atoms with E-state index in [9.17, 15) is 9.35 Å². The lowest BCUT2D eigenvalue weighted by Crippen LogP contribution is -2.54. The number of likely N-dealkylation sites (N-methyl/N-ethyl adjacent to an activating group) is 2. The molecule has 202 valence electrons. The van der Waals surface area contributed by atoms with Crippen molar-refractivity contribution < 1.29 is 9.35 Å². The normalized spacial score (nSPS) is 21.0. The van der Waals surface area contributed by atoms with Crippen LogP contribution in [0.15, 0.2) is 42.5 Å². The Kier molecular flexibility index (Phi) is 8.59. The predicted octanol–water partition coefficient (Wildman–Crippen LogP) is 5.56. The summed E-state index contributed by atoms with van der Waals surface area (Å²) in [6.07, 6.45) is 2.59. The minimum absolute atomic E-state index is 0.0921. The Labute approximate surface area is 235 Å². The number of hydrogen-bond acceptors (Lipinski definition) is 4. The molecule has 0 bridgehead atoms. The first-order chi connectivity index (χ1) is 17.4. The van der Waals surface area contributed by atoms with Crippen molar-refractivity contribution in [3.63, 3.8) is 0 Å². The van der Waals surface area contributed by atoms with Crippen LogP contribution in [0.3, 0.4) is 0 Å². The van der Waals surface area contributed by atoms with Crippen LogP contribution in [0, 0.1) is 5.41 Å². The zero-order valence-electron chi connectivity index (χ0n) is 22.6. The molecule has 0 radical (unpaired) electrons. The molecule has 1 amide bonds. The van der Waals surface area contributed by atoms with E-state index in [1.165, 1.54) is 11.1 Å². The maximum atomic E-state index is 13.2. The first kappa shape index (κ1) is 28.7. The summed E-state index contributed by atoms with van der Waals surface area (Å²) < 4.78 is 13.0. The molecule has 2 aliphatic heterocycles. The highest BCUT2D eigenvalue weighted by molar-refractivity contribution is 7.92. The molecule has 1 spiro atoms. The summed E-state index contributed by atoms with van der Waals surface area (Å²) in [4.78, 5) is 17.4. The van der Waals surface area contributed by atoms with Gasteiger partial charge in [-0.05, 0) is 42.3 Å². The number of piperidine rings is 1. The fraction of sp³-hybridized carbons (Fsp3) is 0.552. The van der Waals surface area contributed by atoms with Gasteiger partial charge < -0.3 is 19.7 Å². The topological polar surface area (TPSA) is 58.6 Å². The fourth-order valence-corrected chi connectivity index (χ4v) is 8.17. The second-order valence-corrected chi connectivity index (χ2v) is 14.2. The van der Waals surface area contributed by atoms with Gasteiger partial charge in [0.25, 0.3) is 0 Å². The van der Waals surface area contributed by atoms with Gasteiger partial charge in [-0.2, -0.15) is 0 Å². The largest absolute Gasteiger partial charge is 0.615 e. The number of nitrogens with zero attached hydrogens (tertiary/aromatic N) is 2. The zero-order valence-corrected chi connectivity index (χ0v) is 24.9. The fourth-order valence-electron chi connectivity index (χ4n) is 5.98. The molecule has 0 saturated carbocycles. The van der Waals surface area contributed by atoms with E-state index in [1.807, 2.05) is 64.0 Å². The maximum absolute atomic E-state index is 13.2. The molecule has 5 nitrogen and oxygen atoms in total. The summed E-state index contributed by atoms with van der Waals surface area (Å²) in [6.45, 7) is 8.99. The summed E-state index contributed by atoms with van der Waals surface area (Å²) >= 11 is 11.8. The van der Waals surface area contributed by atoms with Crippen molar-refractivity contribution in [1.82, 2.24) is 15.1 Å². The Balaban J connectivity index is 1.52. The van der Waals surface area contributed by atoms with Crippen LogP contribution in [-0.2, 0) is 32.0 Å². The lowest BCUT2D eigenvalue weighted by atomic mass is 9.83. The van der Waals surface area contributed by atoms with E-state index in [-0.39, 0.29) is 10.7 Å². The smallest absolute Gasteiger partial charge is 0.227 e. The van der Waals surface area contributed by atoms with Gasteiger partial charge in [0.15, 0.2) is 4.75 Å². The average Bonchev–Trinajstić information content (AvgIpc) is 3.14. The number of fused-ring (bicyclic) bond motifs is 2. The van der Waals surface area contributed by atoms with Gasteiger partial charge in [0.2, 0.25) is 5.91 Å². The molecule has 8 heteroatoms. The highest BCUT2D eigenvalue weighted by atomic mass is 35.5. The van der Waals surface area contributed by atoms with Gasteiger partial charge in [0.1, 0.15) is 5.75 Å². The third kappa shape index (κ3) is 5.70.